The van der Waals surface area contributed by atoms with Gasteiger partial charge in [0.1, 0.15) is 0 Å². The third-order valence-corrected chi connectivity index (χ3v) is 4.60. The number of nitrogens with one attached hydrogen (secondary N) is 1. The molecule has 124 valence electrons. The molecule has 1 unspecified atom stereocenters. The van der Waals surface area contributed by atoms with Crippen LogP contribution >= 0.6 is 11.3 Å². The smallest absolute Gasteiger partial charge is 0.223 e. The van der Waals surface area contributed by atoms with Crippen molar-refractivity contribution in [2.24, 2.45) is 0 Å². The Bertz CT molecular complexity index is 578. The summed E-state index contributed by atoms with van der Waals surface area (Å²) in [6.07, 6.45) is 2.62. The van der Waals surface area contributed by atoms with Crippen molar-refractivity contribution in [3.63, 3.8) is 0 Å². The van der Waals surface area contributed by atoms with Crippen LogP contribution in [-0.2, 0) is 16.0 Å². The van der Waals surface area contributed by atoms with Gasteiger partial charge in [-0.2, -0.15) is 0 Å². The van der Waals surface area contributed by atoms with Gasteiger partial charge in [-0.3, -0.25) is 4.79 Å². The summed E-state index contributed by atoms with van der Waals surface area (Å²) in [5.41, 5.74) is 2.46. The first-order chi connectivity index (χ1) is 11.2. The van der Waals surface area contributed by atoms with E-state index in [1.807, 2.05) is 18.4 Å². The van der Waals surface area contributed by atoms with Gasteiger partial charge in [0.25, 0.3) is 0 Å². The molecule has 1 atom stereocenters. The van der Waals surface area contributed by atoms with E-state index in [9.17, 15) is 4.79 Å². The van der Waals surface area contributed by atoms with Gasteiger partial charge >= 0.3 is 0 Å². The molecule has 0 aliphatic rings. The van der Waals surface area contributed by atoms with Crippen molar-refractivity contribution in [1.29, 1.82) is 0 Å². The number of aryl methyl sites for hydroxylation is 1. The van der Waals surface area contributed by atoms with Gasteiger partial charge in [-0.25, -0.2) is 0 Å². The highest BCUT2D eigenvalue weighted by Crippen LogP contribution is 2.26. The molecule has 1 aromatic carbocycles. The van der Waals surface area contributed by atoms with Gasteiger partial charge in [-0.15, -0.1) is 11.3 Å². The van der Waals surface area contributed by atoms with E-state index in [1.54, 1.807) is 11.3 Å². The maximum atomic E-state index is 12.2. The van der Waals surface area contributed by atoms with Crippen molar-refractivity contribution >= 4 is 17.2 Å². The molecule has 0 radical (unpaired) electrons. The van der Waals surface area contributed by atoms with Crippen molar-refractivity contribution < 1.29 is 9.53 Å². The van der Waals surface area contributed by atoms with Crippen molar-refractivity contribution in [1.82, 2.24) is 5.32 Å². The maximum Gasteiger partial charge on any atom is 0.223 e. The Hall–Kier alpha value is -1.65. The number of rotatable bonds is 9. The van der Waals surface area contributed by atoms with Crippen LogP contribution in [0.5, 0.6) is 0 Å². The lowest BCUT2D eigenvalue weighted by Gasteiger charge is -2.18. The van der Waals surface area contributed by atoms with E-state index in [1.165, 1.54) is 5.56 Å². The second-order valence-electron chi connectivity index (χ2n) is 5.45. The molecule has 2 rings (SSSR count). The zero-order chi connectivity index (χ0) is 16.5. The van der Waals surface area contributed by atoms with Crippen LogP contribution in [-0.4, -0.2) is 19.1 Å². The van der Waals surface area contributed by atoms with Gasteiger partial charge in [-0.1, -0.05) is 43.7 Å². The average molecular weight is 331 g/mol. The fourth-order valence-electron chi connectivity index (χ4n) is 2.48. The number of thiophene rings is 1. The molecule has 2 aromatic rings. The average Bonchev–Trinajstić information content (AvgIpc) is 3.08. The standard InChI is InChI=1S/C19H25NO2S/c1-3-6-15-8-10-16(11-9-15)19(17-7-5-14-23-17)20-18(21)12-13-22-4-2/h5,7-11,14,19H,3-4,6,12-13H2,1-2H3,(H,20,21). The number of hydrogen-bond donors (Lipinski definition) is 1. The van der Waals surface area contributed by atoms with Crippen molar-refractivity contribution in [2.45, 2.75) is 39.2 Å². The molecule has 0 aliphatic heterocycles. The van der Waals surface area contributed by atoms with Gasteiger partial charge in [0.2, 0.25) is 5.91 Å². The van der Waals surface area contributed by atoms with Crippen molar-refractivity contribution in [3.05, 3.63) is 57.8 Å². The normalized spacial score (nSPS) is 12.1. The highest BCUT2D eigenvalue weighted by Gasteiger charge is 2.17. The molecule has 1 heterocycles. The summed E-state index contributed by atoms with van der Waals surface area (Å²) in [7, 11) is 0. The van der Waals surface area contributed by atoms with E-state index in [0.717, 1.165) is 23.3 Å². The molecule has 0 saturated carbocycles. The van der Waals surface area contributed by atoms with Gasteiger partial charge in [0.15, 0.2) is 0 Å². The number of ether oxygens (including phenoxy) is 1. The topological polar surface area (TPSA) is 38.3 Å². The van der Waals surface area contributed by atoms with E-state index < -0.39 is 0 Å². The highest BCUT2D eigenvalue weighted by atomic mass is 32.1. The number of carbonyl (C=O) groups excluding carboxylic acids is 1. The van der Waals surface area contributed by atoms with Gasteiger partial charge in [0, 0.05) is 17.9 Å². The Kier molecular flexibility index (Phi) is 7.30. The molecule has 23 heavy (non-hydrogen) atoms. The Morgan fingerprint density at radius 3 is 2.61 bits per heavy atom. The highest BCUT2D eigenvalue weighted by molar-refractivity contribution is 7.10. The van der Waals surface area contributed by atoms with Crippen LogP contribution in [0.3, 0.4) is 0 Å². The van der Waals surface area contributed by atoms with Crippen LogP contribution < -0.4 is 5.32 Å². The van der Waals surface area contributed by atoms with E-state index >= 15 is 0 Å². The van der Waals surface area contributed by atoms with E-state index in [2.05, 4.69) is 42.6 Å². The van der Waals surface area contributed by atoms with E-state index in [0.29, 0.717) is 19.6 Å². The van der Waals surface area contributed by atoms with Gasteiger partial charge in [-0.05, 0) is 35.9 Å². The molecule has 0 saturated heterocycles. The summed E-state index contributed by atoms with van der Waals surface area (Å²) in [6, 6.07) is 12.6. The second-order valence-corrected chi connectivity index (χ2v) is 6.43. The minimum Gasteiger partial charge on any atom is -0.381 e. The van der Waals surface area contributed by atoms with Crippen LogP contribution in [0.15, 0.2) is 41.8 Å². The fourth-order valence-corrected chi connectivity index (χ4v) is 3.28. The first-order valence-corrected chi connectivity index (χ1v) is 9.12. The third-order valence-electron chi connectivity index (χ3n) is 3.66. The molecule has 4 heteroatoms. The SMILES string of the molecule is CCCc1ccc(C(NC(=O)CCOCC)c2cccs2)cc1. The first kappa shape index (κ1) is 17.7. The van der Waals surface area contributed by atoms with Crippen LogP contribution in [0.1, 0.15) is 48.7 Å². The summed E-state index contributed by atoms with van der Waals surface area (Å²) >= 11 is 1.66. The number of benzene rings is 1. The molecule has 0 bridgehead atoms. The Morgan fingerprint density at radius 2 is 2.00 bits per heavy atom. The number of carbonyl (C=O) groups is 1. The molecule has 3 nitrogen and oxygen atoms in total. The zero-order valence-electron chi connectivity index (χ0n) is 13.9. The maximum absolute atomic E-state index is 12.2. The zero-order valence-corrected chi connectivity index (χ0v) is 14.7. The third kappa shape index (κ3) is 5.48. The minimum atomic E-state index is -0.0835. The lowest BCUT2D eigenvalue weighted by molar-refractivity contribution is -0.122. The molecule has 1 amide bonds. The summed E-state index contributed by atoms with van der Waals surface area (Å²) in [5.74, 6) is 0.0227. The number of amides is 1. The summed E-state index contributed by atoms with van der Waals surface area (Å²) in [4.78, 5) is 13.3. The predicted molar refractivity (Wildman–Crippen MR) is 95.9 cm³/mol. The monoisotopic (exact) mass is 331 g/mol. The molecular formula is C19H25NO2S. The molecular weight excluding hydrogens is 306 g/mol. The Labute approximate surface area is 142 Å². The number of hydrogen-bond acceptors (Lipinski definition) is 3. The van der Waals surface area contributed by atoms with Crippen molar-refractivity contribution in [2.75, 3.05) is 13.2 Å². The molecule has 0 aliphatic carbocycles. The Balaban J connectivity index is 2.10. The predicted octanol–water partition coefficient (Wildman–Crippen LogP) is 4.33. The summed E-state index contributed by atoms with van der Waals surface area (Å²) in [6.45, 7) is 5.22. The van der Waals surface area contributed by atoms with Crippen LogP contribution in [0.25, 0.3) is 0 Å². The molecule has 0 spiro atoms. The van der Waals surface area contributed by atoms with Crippen LogP contribution in [0, 0.1) is 0 Å². The van der Waals surface area contributed by atoms with E-state index in [-0.39, 0.29) is 11.9 Å². The quantitative estimate of drug-likeness (QED) is 0.694. The van der Waals surface area contributed by atoms with E-state index in [4.69, 9.17) is 4.74 Å². The van der Waals surface area contributed by atoms with Gasteiger partial charge < -0.3 is 10.1 Å². The summed E-state index contributed by atoms with van der Waals surface area (Å²) in [5, 5.41) is 5.18. The van der Waals surface area contributed by atoms with Gasteiger partial charge in [0.05, 0.1) is 12.6 Å². The van der Waals surface area contributed by atoms with Crippen LogP contribution in [0.4, 0.5) is 0 Å². The lowest BCUT2D eigenvalue weighted by atomic mass is 10.0. The Morgan fingerprint density at radius 1 is 1.22 bits per heavy atom. The van der Waals surface area contributed by atoms with Crippen LogP contribution in [0.2, 0.25) is 0 Å². The molecule has 1 N–H and O–H groups in total. The van der Waals surface area contributed by atoms with Crippen molar-refractivity contribution in [3.8, 4) is 0 Å². The molecule has 0 fully saturated rings. The lowest BCUT2D eigenvalue weighted by Crippen LogP contribution is -2.29. The fraction of sp³-hybridized carbons (Fsp3) is 0.421. The largest absolute Gasteiger partial charge is 0.381 e. The summed E-state index contributed by atoms with van der Waals surface area (Å²) < 4.78 is 5.27. The second kappa shape index (κ2) is 9.48. The minimum absolute atomic E-state index is 0.0227. The first-order valence-electron chi connectivity index (χ1n) is 8.24. The molecule has 1 aromatic heterocycles.